The van der Waals surface area contributed by atoms with Gasteiger partial charge in [-0.3, -0.25) is 0 Å². The first-order valence-corrected chi connectivity index (χ1v) is 5.22. The van der Waals surface area contributed by atoms with E-state index in [1.165, 1.54) is 25.6 Å². The second kappa shape index (κ2) is 4.33. The summed E-state index contributed by atoms with van der Waals surface area (Å²) in [4.78, 5) is 10.4. The van der Waals surface area contributed by atoms with Crippen LogP contribution in [0.2, 0.25) is 0 Å². The predicted molar refractivity (Wildman–Crippen MR) is 59.1 cm³/mol. The third kappa shape index (κ3) is 1.95. The molecule has 2 heterocycles. The highest BCUT2D eigenvalue weighted by atomic mass is 16.5. The minimum absolute atomic E-state index is 0.410. The fourth-order valence-electron chi connectivity index (χ4n) is 1.90. The van der Waals surface area contributed by atoms with Gasteiger partial charge in [-0.15, -0.1) is 0 Å². The molecule has 1 aromatic rings. The van der Waals surface area contributed by atoms with Crippen molar-refractivity contribution in [3.63, 3.8) is 0 Å². The highest BCUT2D eigenvalue weighted by molar-refractivity contribution is 5.62. The van der Waals surface area contributed by atoms with E-state index in [0.717, 1.165) is 18.9 Å². The van der Waals surface area contributed by atoms with Crippen molar-refractivity contribution in [1.29, 1.82) is 0 Å². The molecule has 5 nitrogen and oxygen atoms in total. The Bertz CT molecular complexity index is 336. The van der Waals surface area contributed by atoms with E-state index >= 15 is 0 Å². The van der Waals surface area contributed by atoms with Crippen LogP contribution < -0.4 is 15.4 Å². The van der Waals surface area contributed by atoms with Gasteiger partial charge in [0.2, 0.25) is 5.75 Å². The van der Waals surface area contributed by atoms with Crippen LogP contribution in [0.5, 0.6) is 5.75 Å². The summed E-state index contributed by atoms with van der Waals surface area (Å²) < 4.78 is 5.24. The summed E-state index contributed by atoms with van der Waals surface area (Å²) in [5.74, 6) is 1.83. The second-order valence-corrected chi connectivity index (χ2v) is 3.66. The number of piperidine rings is 1. The number of aromatic nitrogens is 2. The summed E-state index contributed by atoms with van der Waals surface area (Å²) in [5.41, 5.74) is 5.74. The zero-order chi connectivity index (χ0) is 10.7. The molecule has 5 heteroatoms. The third-order valence-corrected chi connectivity index (χ3v) is 2.67. The summed E-state index contributed by atoms with van der Waals surface area (Å²) in [6.07, 6.45) is 5.18. The molecule has 2 rings (SSSR count). The Hall–Kier alpha value is -1.52. The summed E-state index contributed by atoms with van der Waals surface area (Å²) in [6, 6.07) is 0. The van der Waals surface area contributed by atoms with E-state index in [-0.39, 0.29) is 0 Å². The standard InChI is InChI=1S/C10H16N4O/c1-15-8-9(11)12-7-13-10(8)14-5-3-2-4-6-14/h7H,2-6H2,1H3,(H2,11,12,13). The van der Waals surface area contributed by atoms with E-state index in [2.05, 4.69) is 14.9 Å². The van der Waals surface area contributed by atoms with Gasteiger partial charge in [0.1, 0.15) is 6.33 Å². The van der Waals surface area contributed by atoms with Crippen LogP contribution in [0.1, 0.15) is 19.3 Å². The molecular formula is C10H16N4O. The molecule has 0 bridgehead atoms. The number of nitrogen functional groups attached to an aromatic ring is 1. The maximum Gasteiger partial charge on any atom is 0.204 e. The molecule has 0 aromatic carbocycles. The van der Waals surface area contributed by atoms with Crippen molar-refractivity contribution in [2.24, 2.45) is 0 Å². The Morgan fingerprint density at radius 3 is 2.67 bits per heavy atom. The normalized spacial score (nSPS) is 16.5. The third-order valence-electron chi connectivity index (χ3n) is 2.67. The number of nitrogens with zero attached hydrogens (tertiary/aromatic N) is 3. The van der Waals surface area contributed by atoms with Gasteiger partial charge < -0.3 is 15.4 Å². The van der Waals surface area contributed by atoms with E-state index < -0.39 is 0 Å². The highest BCUT2D eigenvalue weighted by Crippen LogP contribution is 2.31. The van der Waals surface area contributed by atoms with Crippen LogP contribution in [0.25, 0.3) is 0 Å². The number of anilines is 2. The average molecular weight is 208 g/mol. The smallest absolute Gasteiger partial charge is 0.204 e. The van der Waals surface area contributed by atoms with E-state index in [1.807, 2.05) is 0 Å². The molecule has 0 amide bonds. The van der Waals surface area contributed by atoms with Gasteiger partial charge in [0, 0.05) is 13.1 Å². The van der Waals surface area contributed by atoms with Gasteiger partial charge >= 0.3 is 0 Å². The van der Waals surface area contributed by atoms with Gasteiger partial charge in [-0.1, -0.05) is 0 Å². The fourth-order valence-corrected chi connectivity index (χ4v) is 1.90. The molecule has 1 fully saturated rings. The minimum atomic E-state index is 0.410. The van der Waals surface area contributed by atoms with Crippen LogP contribution in [-0.4, -0.2) is 30.2 Å². The molecule has 82 valence electrons. The first-order chi connectivity index (χ1) is 7.33. The SMILES string of the molecule is COc1c(N)ncnc1N1CCCCC1. The number of ether oxygens (including phenoxy) is 1. The Morgan fingerprint density at radius 1 is 1.27 bits per heavy atom. The summed E-state index contributed by atoms with van der Waals surface area (Å²) >= 11 is 0. The van der Waals surface area contributed by atoms with Gasteiger partial charge in [-0.2, -0.15) is 0 Å². The molecule has 0 saturated carbocycles. The number of nitrogens with two attached hydrogens (primary N) is 1. The summed E-state index contributed by atoms with van der Waals surface area (Å²) in [6.45, 7) is 2.04. The predicted octanol–water partition coefficient (Wildman–Crippen LogP) is 1.06. The lowest BCUT2D eigenvalue weighted by molar-refractivity contribution is 0.410. The molecule has 0 spiro atoms. The van der Waals surface area contributed by atoms with E-state index in [4.69, 9.17) is 10.5 Å². The van der Waals surface area contributed by atoms with E-state index in [1.54, 1.807) is 7.11 Å². The Kier molecular flexibility index (Phi) is 2.89. The molecular weight excluding hydrogens is 192 g/mol. The molecule has 1 aliphatic heterocycles. The van der Waals surface area contributed by atoms with Crippen molar-refractivity contribution in [3.8, 4) is 5.75 Å². The fraction of sp³-hybridized carbons (Fsp3) is 0.600. The van der Waals surface area contributed by atoms with Gasteiger partial charge in [0.25, 0.3) is 0 Å². The van der Waals surface area contributed by atoms with Crippen molar-refractivity contribution < 1.29 is 4.74 Å². The molecule has 1 aromatic heterocycles. The number of hydrogen-bond acceptors (Lipinski definition) is 5. The lowest BCUT2D eigenvalue weighted by Crippen LogP contribution is -2.30. The van der Waals surface area contributed by atoms with Gasteiger partial charge in [0.05, 0.1) is 7.11 Å². The Labute approximate surface area is 89.3 Å². The number of hydrogen-bond donors (Lipinski definition) is 1. The monoisotopic (exact) mass is 208 g/mol. The molecule has 0 unspecified atom stereocenters. The van der Waals surface area contributed by atoms with Gasteiger partial charge in [-0.05, 0) is 19.3 Å². The minimum Gasteiger partial charge on any atom is -0.490 e. The molecule has 15 heavy (non-hydrogen) atoms. The zero-order valence-electron chi connectivity index (χ0n) is 8.94. The van der Waals surface area contributed by atoms with Crippen molar-refractivity contribution in [2.75, 3.05) is 30.8 Å². The lowest BCUT2D eigenvalue weighted by Gasteiger charge is -2.28. The van der Waals surface area contributed by atoms with Crippen LogP contribution >= 0.6 is 0 Å². The van der Waals surface area contributed by atoms with Gasteiger partial charge in [-0.25, -0.2) is 9.97 Å². The Morgan fingerprint density at radius 2 is 2.00 bits per heavy atom. The number of methoxy groups -OCH3 is 1. The van der Waals surface area contributed by atoms with Crippen molar-refractivity contribution in [2.45, 2.75) is 19.3 Å². The highest BCUT2D eigenvalue weighted by Gasteiger charge is 2.18. The van der Waals surface area contributed by atoms with Crippen molar-refractivity contribution in [1.82, 2.24) is 9.97 Å². The average Bonchev–Trinajstić information content (AvgIpc) is 2.30. The molecule has 0 atom stereocenters. The largest absolute Gasteiger partial charge is 0.490 e. The lowest BCUT2D eigenvalue weighted by atomic mass is 10.1. The molecule has 0 radical (unpaired) electrons. The summed E-state index contributed by atoms with van der Waals surface area (Å²) in [5, 5.41) is 0. The second-order valence-electron chi connectivity index (χ2n) is 3.66. The zero-order valence-corrected chi connectivity index (χ0v) is 8.94. The first kappa shape index (κ1) is 10.0. The molecule has 1 aliphatic rings. The van der Waals surface area contributed by atoms with Crippen molar-refractivity contribution >= 4 is 11.6 Å². The van der Waals surface area contributed by atoms with Crippen molar-refractivity contribution in [3.05, 3.63) is 6.33 Å². The quantitative estimate of drug-likeness (QED) is 0.787. The molecule has 1 saturated heterocycles. The number of rotatable bonds is 2. The Balaban J connectivity index is 2.29. The van der Waals surface area contributed by atoms with E-state index in [9.17, 15) is 0 Å². The summed E-state index contributed by atoms with van der Waals surface area (Å²) in [7, 11) is 1.60. The van der Waals surface area contributed by atoms with Gasteiger partial charge in [0.15, 0.2) is 11.6 Å². The van der Waals surface area contributed by atoms with Crippen LogP contribution in [-0.2, 0) is 0 Å². The molecule has 0 aliphatic carbocycles. The van der Waals surface area contributed by atoms with Crippen LogP contribution in [0.3, 0.4) is 0 Å². The van der Waals surface area contributed by atoms with Crippen LogP contribution in [0.4, 0.5) is 11.6 Å². The molecule has 2 N–H and O–H groups in total. The first-order valence-electron chi connectivity index (χ1n) is 5.22. The maximum atomic E-state index is 5.74. The maximum absolute atomic E-state index is 5.74. The van der Waals surface area contributed by atoms with Crippen LogP contribution in [0, 0.1) is 0 Å². The van der Waals surface area contributed by atoms with Crippen LogP contribution in [0.15, 0.2) is 6.33 Å². The topological polar surface area (TPSA) is 64.3 Å². The van der Waals surface area contributed by atoms with E-state index in [0.29, 0.717) is 11.6 Å².